The minimum atomic E-state index is -4.40. The highest BCUT2D eigenvalue weighted by Crippen LogP contribution is 2.13. The number of hydrazine groups is 1. The van der Waals surface area contributed by atoms with Gasteiger partial charge in [0.2, 0.25) is 0 Å². The molecule has 2 N–H and O–H groups in total. The van der Waals surface area contributed by atoms with Crippen molar-refractivity contribution in [1.82, 2.24) is 15.4 Å². The van der Waals surface area contributed by atoms with Crippen LogP contribution in [0, 0.1) is 0 Å². The number of alkyl halides is 3. The molecule has 0 atom stereocenters. The van der Waals surface area contributed by atoms with Crippen molar-refractivity contribution in [2.45, 2.75) is 19.5 Å². The Labute approximate surface area is 89.9 Å². The molecule has 0 spiro atoms. The molecule has 0 saturated heterocycles. The smallest absolute Gasteiger partial charge is 0.273 e. The van der Waals surface area contributed by atoms with Crippen LogP contribution in [0.5, 0.6) is 0 Å². The first-order chi connectivity index (χ1) is 7.42. The molecule has 1 aromatic heterocycles. The molecule has 1 aromatic rings. The van der Waals surface area contributed by atoms with Gasteiger partial charge in [-0.05, 0) is 0 Å². The number of hydrogen-bond acceptors (Lipinski definition) is 5. The molecule has 0 fully saturated rings. The lowest BCUT2D eigenvalue weighted by Gasteiger charge is -2.18. The topological polar surface area (TPSA) is 61.3 Å². The molecule has 1 heterocycles. The molecule has 0 unspecified atom stereocenters. The zero-order chi connectivity index (χ0) is 12.2. The lowest BCUT2D eigenvalue weighted by atomic mass is 10.4. The molecule has 0 aliphatic rings. The second kappa shape index (κ2) is 5.08. The molecule has 16 heavy (non-hydrogen) atoms. The molecule has 0 aliphatic carbocycles. The highest BCUT2D eigenvalue weighted by molar-refractivity contribution is 5.36. The third kappa shape index (κ3) is 3.99. The Morgan fingerprint density at radius 2 is 1.94 bits per heavy atom. The summed E-state index contributed by atoms with van der Waals surface area (Å²) in [5.74, 6) is 0.549. The van der Waals surface area contributed by atoms with Crippen molar-refractivity contribution in [1.29, 1.82) is 0 Å². The Morgan fingerprint density at radius 1 is 1.38 bits per heavy atom. The van der Waals surface area contributed by atoms with Crippen molar-refractivity contribution in [3.63, 3.8) is 0 Å². The average Bonchev–Trinajstić information content (AvgIpc) is 2.25. The highest BCUT2D eigenvalue weighted by Gasteiger charge is 2.27. The van der Waals surface area contributed by atoms with Gasteiger partial charge in [0.1, 0.15) is 18.1 Å². The van der Waals surface area contributed by atoms with Crippen LogP contribution in [0.1, 0.15) is 12.7 Å². The summed E-state index contributed by atoms with van der Waals surface area (Å²) in [4.78, 5) is 7.66. The van der Waals surface area contributed by atoms with Crippen LogP contribution in [0.4, 0.5) is 18.9 Å². The number of halogens is 3. The minimum Gasteiger partial charge on any atom is -0.273 e. The predicted octanol–water partition coefficient (Wildman–Crippen LogP) is 1.30. The monoisotopic (exact) mass is 236 g/mol. The molecule has 90 valence electrons. The fourth-order valence-corrected chi connectivity index (χ4v) is 0.896. The molecule has 0 aliphatic heterocycles. The minimum absolute atomic E-state index is 0.0430. The summed E-state index contributed by atoms with van der Waals surface area (Å²) in [5, 5.41) is 9.43. The Morgan fingerprint density at radius 3 is 2.38 bits per heavy atom. The van der Waals surface area contributed by atoms with Gasteiger partial charge in [0, 0.05) is 6.42 Å². The molecular formula is C8H11F3N4O. The van der Waals surface area contributed by atoms with Gasteiger partial charge in [-0.2, -0.15) is 18.3 Å². The van der Waals surface area contributed by atoms with E-state index in [1.165, 1.54) is 12.4 Å². The van der Waals surface area contributed by atoms with Crippen molar-refractivity contribution in [3.05, 3.63) is 18.2 Å². The second-order valence-corrected chi connectivity index (χ2v) is 2.97. The Hall–Kier alpha value is -1.41. The highest BCUT2D eigenvalue weighted by atomic mass is 19.4. The van der Waals surface area contributed by atoms with Crippen LogP contribution in [0.3, 0.4) is 0 Å². The second-order valence-electron chi connectivity index (χ2n) is 2.97. The largest absolute Gasteiger partial charge is 0.402 e. The van der Waals surface area contributed by atoms with E-state index in [-0.39, 0.29) is 10.9 Å². The van der Waals surface area contributed by atoms with Crippen LogP contribution in [0.2, 0.25) is 0 Å². The molecule has 0 amide bonds. The first kappa shape index (κ1) is 12.7. The fourth-order valence-electron chi connectivity index (χ4n) is 0.896. The maximum Gasteiger partial charge on any atom is 0.402 e. The zero-order valence-corrected chi connectivity index (χ0v) is 8.49. The molecule has 0 bridgehead atoms. The molecule has 0 radical (unpaired) electrons. The summed E-state index contributed by atoms with van der Waals surface area (Å²) in [5.41, 5.74) is 1.80. The first-order valence-corrected chi connectivity index (χ1v) is 4.52. The molecular weight excluding hydrogens is 225 g/mol. The van der Waals surface area contributed by atoms with E-state index in [2.05, 4.69) is 9.97 Å². The summed E-state index contributed by atoms with van der Waals surface area (Å²) in [6.45, 7) is 0.507. The van der Waals surface area contributed by atoms with E-state index in [0.717, 1.165) is 0 Å². The van der Waals surface area contributed by atoms with Crippen molar-refractivity contribution in [3.8, 4) is 0 Å². The third-order valence-corrected chi connectivity index (χ3v) is 1.68. The van der Waals surface area contributed by atoms with Crippen molar-refractivity contribution >= 4 is 5.69 Å². The summed E-state index contributed by atoms with van der Waals surface area (Å²) in [6, 6.07) is 0. The van der Waals surface area contributed by atoms with Gasteiger partial charge in [-0.3, -0.25) is 5.21 Å². The SMILES string of the molecule is CCc1ncc(N(O)NCC(F)(F)F)cn1. The average molecular weight is 236 g/mol. The van der Waals surface area contributed by atoms with Crippen molar-refractivity contribution in [2.24, 2.45) is 0 Å². The van der Waals surface area contributed by atoms with Gasteiger partial charge in [0.05, 0.1) is 12.4 Å². The maximum atomic E-state index is 11.8. The number of nitrogens with one attached hydrogen (secondary N) is 1. The predicted molar refractivity (Wildman–Crippen MR) is 49.7 cm³/mol. The van der Waals surface area contributed by atoms with E-state index in [4.69, 9.17) is 0 Å². The number of nitrogens with zero attached hydrogens (tertiary/aromatic N) is 3. The Balaban J connectivity index is 2.56. The number of hydrogen-bond donors (Lipinski definition) is 2. The van der Waals surface area contributed by atoms with Crippen LogP contribution in [-0.4, -0.2) is 27.9 Å². The van der Waals surface area contributed by atoms with Gasteiger partial charge in [-0.25, -0.2) is 15.4 Å². The quantitative estimate of drug-likeness (QED) is 0.771. The molecule has 0 saturated carbocycles. The van der Waals surface area contributed by atoms with Gasteiger partial charge < -0.3 is 0 Å². The summed E-state index contributed by atoms with van der Waals surface area (Å²) >= 11 is 0. The molecule has 0 aromatic carbocycles. The van der Waals surface area contributed by atoms with E-state index in [0.29, 0.717) is 12.2 Å². The number of rotatable bonds is 4. The van der Waals surface area contributed by atoms with E-state index in [1.54, 1.807) is 5.43 Å². The fraction of sp³-hybridized carbons (Fsp3) is 0.500. The maximum absolute atomic E-state index is 11.8. The van der Waals surface area contributed by atoms with Gasteiger partial charge in [0.25, 0.3) is 0 Å². The van der Waals surface area contributed by atoms with E-state index >= 15 is 0 Å². The van der Waals surface area contributed by atoms with Crippen molar-refractivity contribution < 1.29 is 18.4 Å². The van der Waals surface area contributed by atoms with Crippen LogP contribution in [0.15, 0.2) is 12.4 Å². The number of anilines is 1. The van der Waals surface area contributed by atoms with Gasteiger partial charge in [-0.1, -0.05) is 6.92 Å². The molecule has 1 rings (SSSR count). The lowest BCUT2D eigenvalue weighted by Crippen LogP contribution is -2.41. The summed E-state index contributed by atoms with van der Waals surface area (Å²) in [6.07, 6.45) is -1.32. The Kier molecular flexibility index (Phi) is 4.02. The van der Waals surface area contributed by atoms with Gasteiger partial charge >= 0.3 is 6.18 Å². The first-order valence-electron chi connectivity index (χ1n) is 4.52. The van der Waals surface area contributed by atoms with E-state index < -0.39 is 12.7 Å². The van der Waals surface area contributed by atoms with Crippen molar-refractivity contribution in [2.75, 3.05) is 11.7 Å². The van der Waals surface area contributed by atoms with Crippen LogP contribution >= 0.6 is 0 Å². The van der Waals surface area contributed by atoms with Crippen LogP contribution in [-0.2, 0) is 6.42 Å². The normalized spacial score (nSPS) is 11.6. The number of aryl methyl sites for hydroxylation is 1. The summed E-state index contributed by atoms with van der Waals surface area (Å²) < 4.78 is 35.5. The van der Waals surface area contributed by atoms with Crippen LogP contribution < -0.4 is 10.6 Å². The molecule has 5 nitrogen and oxygen atoms in total. The number of aromatic nitrogens is 2. The van der Waals surface area contributed by atoms with Gasteiger partial charge in [0.15, 0.2) is 0 Å². The lowest BCUT2D eigenvalue weighted by molar-refractivity contribution is -0.128. The van der Waals surface area contributed by atoms with E-state index in [9.17, 15) is 18.4 Å². The summed E-state index contributed by atoms with van der Waals surface area (Å²) in [7, 11) is 0. The standard InChI is InChI=1S/C8H11F3N4O/c1-2-7-12-3-6(4-13-7)15(16)14-5-8(9,10)11/h3-4,14,16H,2,5H2,1H3. The third-order valence-electron chi connectivity index (χ3n) is 1.68. The zero-order valence-electron chi connectivity index (χ0n) is 8.49. The van der Waals surface area contributed by atoms with E-state index in [1.807, 2.05) is 6.92 Å². The van der Waals surface area contributed by atoms with Crippen LogP contribution in [0.25, 0.3) is 0 Å². The van der Waals surface area contributed by atoms with Gasteiger partial charge in [-0.15, -0.1) is 0 Å². The molecule has 8 heteroatoms. The Bertz CT molecular complexity index is 327.